The molecule has 94 valence electrons. The second-order valence-corrected chi connectivity index (χ2v) is 4.07. The van der Waals surface area contributed by atoms with Gasteiger partial charge in [0.25, 0.3) is 0 Å². The molecule has 2 rings (SSSR count). The average molecular weight is 245 g/mol. The molecule has 0 fully saturated rings. The highest BCUT2D eigenvalue weighted by Gasteiger charge is 2.15. The Morgan fingerprint density at radius 2 is 2.33 bits per heavy atom. The van der Waals surface area contributed by atoms with Crippen LogP contribution in [0, 0.1) is 6.92 Å². The van der Waals surface area contributed by atoms with E-state index in [2.05, 4.69) is 20.3 Å². The minimum Gasteiger partial charge on any atom is -0.348 e. The molecule has 0 aliphatic carbocycles. The summed E-state index contributed by atoms with van der Waals surface area (Å²) >= 11 is 0. The Bertz CT molecular complexity index is 523. The molecule has 4 N–H and O–H groups in total. The van der Waals surface area contributed by atoms with E-state index >= 15 is 0 Å². The predicted molar refractivity (Wildman–Crippen MR) is 67.9 cm³/mol. The Morgan fingerprint density at radius 1 is 1.50 bits per heavy atom. The first kappa shape index (κ1) is 12.3. The molecule has 0 radical (unpaired) electrons. The first-order valence-electron chi connectivity index (χ1n) is 5.61. The number of aromatic amines is 1. The van der Waals surface area contributed by atoms with Gasteiger partial charge in [0.05, 0.1) is 12.4 Å². The van der Waals surface area contributed by atoms with Gasteiger partial charge < -0.3 is 16.0 Å². The number of nitrogens with zero attached hydrogens (tertiary/aromatic N) is 2. The number of rotatable bonds is 4. The van der Waals surface area contributed by atoms with Crippen LogP contribution < -0.4 is 11.1 Å². The maximum absolute atomic E-state index is 11.9. The second kappa shape index (κ2) is 5.42. The normalized spacial score (nSPS) is 12.1. The van der Waals surface area contributed by atoms with E-state index in [9.17, 15) is 4.79 Å². The summed E-state index contributed by atoms with van der Waals surface area (Å²) in [7, 11) is 0. The lowest BCUT2D eigenvalue weighted by Gasteiger charge is -2.12. The van der Waals surface area contributed by atoms with Crippen LogP contribution in [0.2, 0.25) is 0 Å². The van der Waals surface area contributed by atoms with Gasteiger partial charge in [0, 0.05) is 36.4 Å². The molecular weight excluding hydrogens is 230 g/mol. The summed E-state index contributed by atoms with van der Waals surface area (Å²) in [4.78, 5) is 22.7. The van der Waals surface area contributed by atoms with Crippen molar-refractivity contribution in [3.63, 3.8) is 0 Å². The van der Waals surface area contributed by atoms with E-state index in [4.69, 9.17) is 5.73 Å². The Labute approximate surface area is 105 Å². The number of anilines is 1. The van der Waals surface area contributed by atoms with Crippen LogP contribution in [0.25, 0.3) is 0 Å². The number of hydrogen-bond donors (Lipinski definition) is 3. The molecule has 0 aliphatic heterocycles. The van der Waals surface area contributed by atoms with Gasteiger partial charge in [-0.05, 0) is 18.6 Å². The fraction of sp³-hybridized carbons (Fsp3) is 0.250. The number of aryl methyl sites for hydroxylation is 1. The highest BCUT2D eigenvalue weighted by molar-refractivity contribution is 5.95. The fourth-order valence-corrected chi connectivity index (χ4v) is 1.57. The third-order valence-corrected chi connectivity index (χ3v) is 2.61. The highest BCUT2D eigenvalue weighted by atomic mass is 16.2. The van der Waals surface area contributed by atoms with Crippen molar-refractivity contribution in [3.05, 3.63) is 42.2 Å². The molecule has 0 saturated carbocycles. The zero-order chi connectivity index (χ0) is 13.0. The molecule has 6 nitrogen and oxygen atoms in total. The number of carbonyl (C=O) groups is 1. The molecule has 0 aromatic carbocycles. The van der Waals surface area contributed by atoms with Crippen LogP contribution in [0.5, 0.6) is 0 Å². The van der Waals surface area contributed by atoms with Crippen LogP contribution in [0.1, 0.15) is 11.3 Å². The molecule has 1 amide bonds. The van der Waals surface area contributed by atoms with Crippen LogP contribution in [-0.4, -0.2) is 26.9 Å². The largest absolute Gasteiger partial charge is 0.348 e. The van der Waals surface area contributed by atoms with Crippen LogP contribution >= 0.6 is 0 Å². The van der Waals surface area contributed by atoms with Gasteiger partial charge in [0.2, 0.25) is 5.91 Å². The lowest BCUT2D eigenvalue weighted by molar-refractivity contribution is -0.117. The molecule has 2 aromatic rings. The Kier molecular flexibility index (Phi) is 3.69. The Balaban J connectivity index is 1.98. The molecular formula is C12H15N5O. The molecule has 0 aliphatic rings. The van der Waals surface area contributed by atoms with Gasteiger partial charge >= 0.3 is 0 Å². The summed E-state index contributed by atoms with van der Waals surface area (Å²) in [6.07, 6.45) is 6.97. The molecule has 6 heteroatoms. The standard InChI is InChI=1S/C12H15N5O/c1-8-5-14-3-2-11(8)17-12(18)10(13)4-9-6-15-7-16-9/h2-3,5-7,10H,4,13H2,1H3,(H,15,16)(H,14,17,18)/t10-/m0/s1. The SMILES string of the molecule is Cc1cnccc1NC(=O)[C@@H](N)Cc1cnc[nH]1. The van der Waals surface area contributed by atoms with Crippen LogP contribution in [0.15, 0.2) is 31.0 Å². The van der Waals surface area contributed by atoms with Gasteiger partial charge in [-0.2, -0.15) is 0 Å². The smallest absolute Gasteiger partial charge is 0.241 e. The van der Waals surface area contributed by atoms with E-state index in [1.54, 1.807) is 31.0 Å². The number of imidazole rings is 1. The van der Waals surface area contributed by atoms with Gasteiger partial charge in [-0.3, -0.25) is 9.78 Å². The summed E-state index contributed by atoms with van der Waals surface area (Å²) in [6.45, 7) is 1.88. The maximum Gasteiger partial charge on any atom is 0.241 e. The quantitative estimate of drug-likeness (QED) is 0.735. The number of H-pyrrole nitrogens is 1. The van der Waals surface area contributed by atoms with Crippen molar-refractivity contribution in [2.24, 2.45) is 5.73 Å². The monoisotopic (exact) mass is 245 g/mol. The van der Waals surface area contributed by atoms with Gasteiger partial charge in [-0.15, -0.1) is 0 Å². The number of aromatic nitrogens is 3. The number of nitrogens with one attached hydrogen (secondary N) is 2. The number of carbonyl (C=O) groups excluding carboxylic acids is 1. The Hall–Kier alpha value is -2.21. The van der Waals surface area contributed by atoms with Gasteiger partial charge in [-0.25, -0.2) is 4.98 Å². The van der Waals surface area contributed by atoms with Crippen molar-refractivity contribution in [1.29, 1.82) is 0 Å². The van der Waals surface area contributed by atoms with Gasteiger partial charge in [-0.1, -0.05) is 0 Å². The van der Waals surface area contributed by atoms with Crippen LogP contribution in [0.3, 0.4) is 0 Å². The van der Waals surface area contributed by atoms with Crippen molar-refractivity contribution < 1.29 is 4.79 Å². The molecule has 2 heterocycles. The van der Waals surface area contributed by atoms with Crippen molar-refractivity contribution in [2.45, 2.75) is 19.4 Å². The average Bonchev–Trinajstić information content (AvgIpc) is 2.84. The van der Waals surface area contributed by atoms with Crippen molar-refractivity contribution in [1.82, 2.24) is 15.0 Å². The molecule has 0 unspecified atom stereocenters. The number of pyridine rings is 1. The lowest BCUT2D eigenvalue weighted by atomic mass is 10.1. The van der Waals surface area contributed by atoms with Crippen LogP contribution in [0.4, 0.5) is 5.69 Å². The topological polar surface area (TPSA) is 96.7 Å². The number of hydrogen-bond acceptors (Lipinski definition) is 4. The van der Waals surface area contributed by atoms with Crippen LogP contribution in [-0.2, 0) is 11.2 Å². The summed E-state index contributed by atoms with van der Waals surface area (Å²) in [5.41, 5.74) is 8.30. The zero-order valence-corrected chi connectivity index (χ0v) is 10.1. The summed E-state index contributed by atoms with van der Waals surface area (Å²) in [5.74, 6) is -0.223. The van der Waals surface area contributed by atoms with E-state index in [1.165, 1.54) is 0 Å². The van der Waals surface area contributed by atoms with E-state index in [-0.39, 0.29) is 5.91 Å². The third kappa shape index (κ3) is 2.92. The van der Waals surface area contributed by atoms with E-state index in [1.807, 2.05) is 6.92 Å². The van der Waals surface area contributed by atoms with Gasteiger partial charge in [0.15, 0.2) is 0 Å². The van der Waals surface area contributed by atoms with E-state index < -0.39 is 6.04 Å². The molecule has 2 aromatic heterocycles. The van der Waals surface area contributed by atoms with Gasteiger partial charge in [0.1, 0.15) is 0 Å². The zero-order valence-electron chi connectivity index (χ0n) is 10.1. The summed E-state index contributed by atoms with van der Waals surface area (Å²) in [6, 6.07) is 1.13. The summed E-state index contributed by atoms with van der Waals surface area (Å²) < 4.78 is 0. The molecule has 18 heavy (non-hydrogen) atoms. The second-order valence-electron chi connectivity index (χ2n) is 4.07. The Morgan fingerprint density at radius 3 is 3.00 bits per heavy atom. The lowest BCUT2D eigenvalue weighted by Crippen LogP contribution is -2.37. The first-order chi connectivity index (χ1) is 8.66. The van der Waals surface area contributed by atoms with Crippen molar-refractivity contribution in [3.8, 4) is 0 Å². The molecule has 0 spiro atoms. The van der Waals surface area contributed by atoms with E-state index in [0.29, 0.717) is 6.42 Å². The van der Waals surface area contributed by atoms with E-state index in [0.717, 1.165) is 16.9 Å². The minimum atomic E-state index is -0.613. The number of nitrogens with two attached hydrogens (primary N) is 1. The maximum atomic E-state index is 11.9. The highest BCUT2D eigenvalue weighted by Crippen LogP contribution is 2.12. The molecule has 1 atom stereocenters. The molecule has 0 bridgehead atoms. The number of amides is 1. The predicted octanol–water partition coefficient (Wildman–Crippen LogP) is 0.622. The minimum absolute atomic E-state index is 0.223. The van der Waals surface area contributed by atoms with Crippen molar-refractivity contribution >= 4 is 11.6 Å². The third-order valence-electron chi connectivity index (χ3n) is 2.61. The first-order valence-corrected chi connectivity index (χ1v) is 5.61. The fourth-order valence-electron chi connectivity index (χ4n) is 1.57. The molecule has 0 saturated heterocycles. The summed E-state index contributed by atoms with van der Waals surface area (Å²) in [5, 5.41) is 2.78. The van der Waals surface area contributed by atoms with Crippen molar-refractivity contribution in [2.75, 3.05) is 5.32 Å².